The number of carbonyl (C=O) groups is 2. The summed E-state index contributed by atoms with van der Waals surface area (Å²) in [4.78, 5) is 22.6. The molecule has 5 heteroatoms. The van der Waals surface area contributed by atoms with Crippen LogP contribution in [-0.4, -0.2) is 30.7 Å². The Hall–Kier alpha value is -2.04. The van der Waals surface area contributed by atoms with E-state index < -0.39 is 11.9 Å². The summed E-state index contributed by atoms with van der Waals surface area (Å²) in [5.74, 6) is -1.07. The maximum Gasteiger partial charge on any atom is 0.339 e. The van der Waals surface area contributed by atoms with Crippen molar-refractivity contribution in [2.24, 2.45) is 5.92 Å². The normalized spacial score (nSPS) is 10.3. The highest BCUT2D eigenvalue weighted by atomic mass is 16.5. The van der Waals surface area contributed by atoms with E-state index in [-0.39, 0.29) is 11.1 Å². The lowest BCUT2D eigenvalue weighted by atomic mass is 10.1. The Morgan fingerprint density at radius 3 is 2.58 bits per heavy atom. The van der Waals surface area contributed by atoms with Gasteiger partial charge in [0.05, 0.1) is 18.2 Å². The van der Waals surface area contributed by atoms with Crippen LogP contribution >= 0.6 is 0 Å². The van der Waals surface area contributed by atoms with E-state index in [1.54, 1.807) is 6.07 Å². The molecule has 104 valence electrons. The SMILES string of the molecule is COC(=O)c1cc(C(=O)O)ccc1NCCC(C)C. The monoisotopic (exact) mass is 265 g/mol. The molecule has 0 spiro atoms. The van der Waals surface area contributed by atoms with Crippen molar-refractivity contribution in [1.29, 1.82) is 0 Å². The predicted octanol–water partition coefficient (Wildman–Crippen LogP) is 2.63. The maximum atomic E-state index is 11.7. The minimum atomic E-state index is -1.07. The first-order valence-electron chi connectivity index (χ1n) is 6.15. The molecule has 0 bridgehead atoms. The molecule has 0 saturated heterocycles. The molecule has 0 radical (unpaired) electrons. The zero-order valence-electron chi connectivity index (χ0n) is 11.4. The summed E-state index contributed by atoms with van der Waals surface area (Å²) in [6.07, 6.45) is 0.960. The van der Waals surface area contributed by atoms with Crippen LogP contribution in [0.1, 0.15) is 41.0 Å². The van der Waals surface area contributed by atoms with Crippen molar-refractivity contribution in [2.75, 3.05) is 19.0 Å². The van der Waals surface area contributed by atoms with Crippen molar-refractivity contribution in [3.8, 4) is 0 Å². The van der Waals surface area contributed by atoms with Crippen molar-refractivity contribution in [3.63, 3.8) is 0 Å². The summed E-state index contributed by atoms with van der Waals surface area (Å²) in [6.45, 7) is 4.93. The van der Waals surface area contributed by atoms with Crippen LogP contribution in [-0.2, 0) is 4.74 Å². The summed E-state index contributed by atoms with van der Waals surface area (Å²) in [6, 6.07) is 4.38. The highest BCUT2D eigenvalue weighted by Gasteiger charge is 2.15. The standard InChI is InChI=1S/C14H19NO4/c1-9(2)6-7-15-12-5-4-10(13(16)17)8-11(12)14(18)19-3/h4-5,8-9,15H,6-7H2,1-3H3,(H,16,17). The van der Waals surface area contributed by atoms with E-state index in [0.717, 1.165) is 6.42 Å². The number of carbonyl (C=O) groups excluding carboxylic acids is 1. The van der Waals surface area contributed by atoms with Gasteiger partial charge in [-0.25, -0.2) is 9.59 Å². The van der Waals surface area contributed by atoms with Crippen LogP contribution in [0.5, 0.6) is 0 Å². The van der Waals surface area contributed by atoms with Crippen LogP contribution in [0, 0.1) is 5.92 Å². The van der Waals surface area contributed by atoms with E-state index >= 15 is 0 Å². The summed E-state index contributed by atoms with van der Waals surface area (Å²) >= 11 is 0. The number of benzene rings is 1. The van der Waals surface area contributed by atoms with Gasteiger partial charge in [0, 0.05) is 12.2 Å². The van der Waals surface area contributed by atoms with Crippen LogP contribution < -0.4 is 5.32 Å². The Balaban J connectivity index is 2.95. The third-order valence-electron chi connectivity index (χ3n) is 2.71. The number of rotatable bonds is 6. The number of carboxylic acid groups (broad SMARTS) is 1. The molecule has 0 fully saturated rings. The van der Waals surface area contributed by atoms with E-state index in [2.05, 4.69) is 23.9 Å². The molecule has 0 atom stereocenters. The van der Waals surface area contributed by atoms with Crippen molar-refractivity contribution < 1.29 is 19.4 Å². The van der Waals surface area contributed by atoms with Gasteiger partial charge in [0.15, 0.2) is 0 Å². The molecule has 1 aromatic rings. The Morgan fingerprint density at radius 1 is 1.37 bits per heavy atom. The highest BCUT2D eigenvalue weighted by Crippen LogP contribution is 2.19. The first kappa shape index (κ1) is 15.0. The van der Waals surface area contributed by atoms with Gasteiger partial charge in [-0.2, -0.15) is 0 Å². The second-order valence-electron chi connectivity index (χ2n) is 4.67. The van der Waals surface area contributed by atoms with Gasteiger partial charge in [-0.3, -0.25) is 0 Å². The zero-order chi connectivity index (χ0) is 14.4. The minimum absolute atomic E-state index is 0.0646. The largest absolute Gasteiger partial charge is 0.478 e. The van der Waals surface area contributed by atoms with Crippen LogP contribution in [0.2, 0.25) is 0 Å². The first-order chi connectivity index (χ1) is 8.95. The highest BCUT2D eigenvalue weighted by molar-refractivity contribution is 5.99. The molecule has 1 aromatic carbocycles. The predicted molar refractivity (Wildman–Crippen MR) is 72.7 cm³/mol. The maximum absolute atomic E-state index is 11.7. The second-order valence-corrected chi connectivity index (χ2v) is 4.67. The molecule has 0 saturated carbocycles. The van der Waals surface area contributed by atoms with E-state index in [9.17, 15) is 9.59 Å². The third kappa shape index (κ3) is 4.28. The molecular formula is C14H19NO4. The van der Waals surface area contributed by atoms with Crippen LogP contribution in [0.4, 0.5) is 5.69 Å². The van der Waals surface area contributed by atoms with Crippen LogP contribution in [0.15, 0.2) is 18.2 Å². The Morgan fingerprint density at radius 2 is 2.05 bits per heavy atom. The van der Waals surface area contributed by atoms with Gasteiger partial charge >= 0.3 is 11.9 Å². The van der Waals surface area contributed by atoms with Gasteiger partial charge in [-0.1, -0.05) is 13.8 Å². The van der Waals surface area contributed by atoms with E-state index in [1.807, 2.05) is 0 Å². The van der Waals surface area contributed by atoms with Crippen molar-refractivity contribution in [1.82, 2.24) is 0 Å². The number of hydrogen-bond acceptors (Lipinski definition) is 4. The summed E-state index contributed by atoms with van der Waals surface area (Å²) in [7, 11) is 1.27. The minimum Gasteiger partial charge on any atom is -0.478 e. The molecule has 0 unspecified atom stereocenters. The molecule has 5 nitrogen and oxygen atoms in total. The zero-order valence-corrected chi connectivity index (χ0v) is 11.4. The number of anilines is 1. The fraction of sp³-hybridized carbons (Fsp3) is 0.429. The summed E-state index contributed by atoms with van der Waals surface area (Å²) < 4.78 is 4.67. The number of carboxylic acids is 1. The lowest BCUT2D eigenvalue weighted by Gasteiger charge is -2.12. The van der Waals surface area contributed by atoms with Crippen molar-refractivity contribution in [3.05, 3.63) is 29.3 Å². The quantitative estimate of drug-likeness (QED) is 0.773. The number of hydrogen-bond donors (Lipinski definition) is 2. The van der Waals surface area contributed by atoms with E-state index in [4.69, 9.17) is 5.11 Å². The van der Waals surface area contributed by atoms with Crippen molar-refractivity contribution in [2.45, 2.75) is 20.3 Å². The molecule has 1 rings (SSSR count). The number of nitrogens with one attached hydrogen (secondary N) is 1. The van der Waals surface area contributed by atoms with Crippen LogP contribution in [0.25, 0.3) is 0 Å². The topological polar surface area (TPSA) is 75.6 Å². The van der Waals surface area contributed by atoms with Gasteiger partial charge in [0.1, 0.15) is 0 Å². The molecule has 2 N–H and O–H groups in total. The number of aromatic carboxylic acids is 1. The molecule has 0 aromatic heterocycles. The lowest BCUT2D eigenvalue weighted by molar-refractivity contribution is 0.0602. The van der Waals surface area contributed by atoms with Gasteiger partial charge in [0.25, 0.3) is 0 Å². The lowest BCUT2D eigenvalue weighted by Crippen LogP contribution is -2.12. The number of ether oxygens (including phenoxy) is 1. The van der Waals surface area contributed by atoms with Gasteiger partial charge in [0.2, 0.25) is 0 Å². The summed E-state index contributed by atoms with van der Waals surface area (Å²) in [5.41, 5.74) is 0.901. The van der Waals surface area contributed by atoms with Crippen LogP contribution in [0.3, 0.4) is 0 Å². The second kappa shape index (κ2) is 6.78. The number of esters is 1. The average Bonchev–Trinajstić information content (AvgIpc) is 2.37. The molecule has 0 aliphatic heterocycles. The van der Waals surface area contributed by atoms with E-state index in [0.29, 0.717) is 18.2 Å². The summed E-state index contributed by atoms with van der Waals surface area (Å²) in [5, 5.41) is 12.1. The molecule has 0 aliphatic rings. The average molecular weight is 265 g/mol. The van der Waals surface area contributed by atoms with E-state index in [1.165, 1.54) is 19.2 Å². The molecule has 0 heterocycles. The Labute approximate surface area is 112 Å². The third-order valence-corrected chi connectivity index (χ3v) is 2.71. The number of methoxy groups -OCH3 is 1. The molecular weight excluding hydrogens is 246 g/mol. The molecule has 0 amide bonds. The Bertz CT molecular complexity index is 469. The van der Waals surface area contributed by atoms with Crippen molar-refractivity contribution >= 4 is 17.6 Å². The molecule has 19 heavy (non-hydrogen) atoms. The first-order valence-corrected chi connectivity index (χ1v) is 6.15. The smallest absolute Gasteiger partial charge is 0.339 e. The fourth-order valence-corrected chi connectivity index (χ4v) is 1.61. The molecule has 0 aliphatic carbocycles. The fourth-order valence-electron chi connectivity index (χ4n) is 1.61. The van der Waals surface area contributed by atoms with Gasteiger partial charge in [-0.05, 0) is 30.5 Å². The Kier molecular flexibility index (Phi) is 5.36. The van der Waals surface area contributed by atoms with Gasteiger partial charge in [-0.15, -0.1) is 0 Å². The van der Waals surface area contributed by atoms with Gasteiger partial charge < -0.3 is 15.2 Å².